The number of aryl methyl sites for hydroxylation is 3. The average molecular weight is 336 g/mol. The van der Waals surface area contributed by atoms with Crippen LogP contribution in [0.5, 0.6) is 0 Å². The summed E-state index contributed by atoms with van der Waals surface area (Å²) < 4.78 is 1.83. The molecule has 2 heterocycles. The van der Waals surface area contributed by atoms with Crippen molar-refractivity contribution in [1.82, 2.24) is 20.1 Å². The van der Waals surface area contributed by atoms with Crippen LogP contribution >= 0.6 is 0 Å². The lowest BCUT2D eigenvalue weighted by Crippen LogP contribution is -2.26. The summed E-state index contributed by atoms with van der Waals surface area (Å²) in [6.45, 7) is 4.02. The zero-order valence-corrected chi connectivity index (χ0v) is 15.0. The highest BCUT2D eigenvalue weighted by Gasteiger charge is 2.19. The summed E-state index contributed by atoms with van der Waals surface area (Å²) in [6.07, 6.45) is 6.52. The van der Waals surface area contributed by atoms with Gasteiger partial charge in [0.05, 0.1) is 12.2 Å². The van der Waals surface area contributed by atoms with Crippen LogP contribution in [-0.2, 0) is 19.9 Å². The molecule has 25 heavy (non-hydrogen) atoms. The second kappa shape index (κ2) is 6.06. The molecular weight excluding hydrogens is 312 g/mol. The number of aromatic amines is 1. The SMILES string of the molecule is Cc1c([C@@H](C)NC(=O)c2ccc3[nH]c4c(c3c2)CCCC4)cnn1C. The fourth-order valence-corrected chi connectivity index (χ4v) is 3.85. The molecule has 0 unspecified atom stereocenters. The van der Waals surface area contributed by atoms with Crippen LogP contribution in [0.1, 0.15) is 58.7 Å². The Bertz CT molecular complexity index is 950. The van der Waals surface area contributed by atoms with E-state index in [1.54, 1.807) is 0 Å². The summed E-state index contributed by atoms with van der Waals surface area (Å²) in [5.74, 6) is -0.0385. The fraction of sp³-hybridized carbons (Fsp3) is 0.400. The quantitative estimate of drug-likeness (QED) is 0.768. The first kappa shape index (κ1) is 15.9. The van der Waals surface area contributed by atoms with Crippen molar-refractivity contribution in [2.45, 2.75) is 45.6 Å². The largest absolute Gasteiger partial charge is 0.358 e. The number of fused-ring (bicyclic) bond motifs is 3. The Morgan fingerprint density at radius 1 is 1.32 bits per heavy atom. The number of amides is 1. The van der Waals surface area contributed by atoms with Gasteiger partial charge in [0, 0.05) is 40.5 Å². The van der Waals surface area contributed by atoms with Gasteiger partial charge in [-0.15, -0.1) is 0 Å². The highest BCUT2D eigenvalue weighted by Crippen LogP contribution is 2.29. The van der Waals surface area contributed by atoms with E-state index in [9.17, 15) is 4.79 Å². The van der Waals surface area contributed by atoms with Gasteiger partial charge < -0.3 is 10.3 Å². The third-order valence-corrected chi connectivity index (χ3v) is 5.45. The van der Waals surface area contributed by atoms with E-state index in [1.165, 1.54) is 29.5 Å². The van der Waals surface area contributed by atoms with Crippen molar-refractivity contribution < 1.29 is 4.79 Å². The predicted molar refractivity (Wildman–Crippen MR) is 98.8 cm³/mol. The molecule has 1 aromatic carbocycles. The van der Waals surface area contributed by atoms with Crippen molar-refractivity contribution in [3.63, 3.8) is 0 Å². The van der Waals surface area contributed by atoms with Crippen molar-refractivity contribution in [2.75, 3.05) is 0 Å². The number of hydrogen-bond donors (Lipinski definition) is 2. The van der Waals surface area contributed by atoms with E-state index in [-0.39, 0.29) is 11.9 Å². The maximum Gasteiger partial charge on any atom is 0.251 e. The first-order valence-corrected chi connectivity index (χ1v) is 8.97. The van der Waals surface area contributed by atoms with Crippen LogP contribution in [0, 0.1) is 6.92 Å². The van der Waals surface area contributed by atoms with Gasteiger partial charge in [-0.2, -0.15) is 5.10 Å². The van der Waals surface area contributed by atoms with Gasteiger partial charge in [0.25, 0.3) is 5.91 Å². The Kier molecular flexibility index (Phi) is 3.86. The van der Waals surface area contributed by atoms with Crippen molar-refractivity contribution in [2.24, 2.45) is 7.05 Å². The number of carbonyl (C=O) groups is 1. The molecule has 0 spiro atoms. The summed E-state index contributed by atoms with van der Waals surface area (Å²) in [5.41, 5.74) is 6.72. The molecule has 5 heteroatoms. The molecule has 1 amide bonds. The second-order valence-corrected chi connectivity index (χ2v) is 7.05. The maximum atomic E-state index is 12.7. The van der Waals surface area contributed by atoms with E-state index in [2.05, 4.69) is 15.4 Å². The van der Waals surface area contributed by atoms with E-state index in [0.29, 0.717) is 5.56 Å². The standard InChI is InChI=1S/C20H24N4O/c1-12(17-11-21-24(3)13(17)2)22-20(25)14-8-9-19-16(10-14)15-6-4-5-7-18(15)23-19/h8-12,23H,4-7H2,1-3H3,(H,22,25)/t12-/m1/s1. The maximum absolute atomic E-state index is 12.7. The number of nitrogens with one attached hydrogen (secondary N) is 2. The van der Waals surface area contributed by atoms with Gasteiger partial charge in [-0.3, -0.25) is 9.48 Å². The molecule has 3 aromatic rings. The Hall–Kier alpha value is -2.56. The molecule has 2 N–H and O–H groups in total. The lowest BCUT2D eigenvalue weighted by atomic mass is 9.95. The number of nitrogens with zero attached hydrogens (tertiary/aromatic N) is 2. The first-order valence-electron chi connectivity index (χ1n) is 8.97. The molecule has 1 atom stereocenters. The van der Waals surface area contributed by atoms with E-state index < -0.39 is 0 Å². The third-order valence-electron chi connectivity index (χ3n) is 5.45. The molecular formula is C20H24N4O. The average Bonchev–Trinajstić information content (AvgIpc) is 3.15. The minimum atomic E-state index is -0.0722. The molecule has 0 bridgehead atoms. The van der Waals surface area contributed by atoms with Crippen LogP contribution in [0.2, 0.25) is 0 Å². The third kappa shape index (κ3) is 2.73. The lowest BCUT2D eigenvalue weighted by molar-refractivity contribution is 0.0940. The van der Waals surface area contributed by atoms with E-state index in [4.69, 9.17) is 0 Å². The number of rotatable bonds is 3. The minimum absolute atomic E-state index is 0.0385. The molecule has 130 valence electrons. The number of aromatic nitrogens is 3. The molecule has 5 nitrogen and oxygen atoms in total. The molecule has 0 fully saturated rings. The summed E-state index contributed by atoms with van der Waals surface area (Å²) in [7, 11) is 1.91. The van der Waals surface area contributed by atoms with Crippen molar-refractivity contribution in [3.05, 3.63) is 52.5 Å². The highest BCUT2D eigenvalue weighted by molar-refractivity contribution is 5.99. The zero-order chi connectivity index (χ0) is 17.6. The molecule has 2 aromatic heterocycles. The van der Waals surface area contributed by atoms with Gasteiger partial charge in [-0.1, -0.05) is 0 Å². The highest BCUT2D eigenvalue weighted by atomic mass is 16.1. The number of H-pyrrole nitrogens is 1. The molecule has 0 radical (unpaired) electrons. The van der Waals surface area contributed by atoms with Crippen LogP contribution in [0.15, 0.2) is 24.4 Å². The minimum Gasteiger partial charge on any atom is -0.358 e. The summed E-state index contributed by atoms with van der Waals surface area (Å²) >= 11 is 0. The van der Waals surface area contributed by atoms with Crippen LogP contribution < -0.4 is 5.32 Å². The van der Waals surface area contributed by atoms with Gasteiger partial charge in [-0.05, 0) is 63.3 Å². The second-order valence-electron chi connectivity index (χ2n) is 7.05. The first-order chi connectivity index (χ1) is 12.0. The van der Waals surface area contributed by atoms with Crippen LogP contribution in [0.4, 0.5) is 0 Å². The molecule has 1 aliphatic carbocycles. The number of carbonyl (C=O) groups excluding carboxylic acids is 1. The summed E-state index contributed by atoms with van der Waals surface area (Å²) in [5, 5.41) is 8.56. The van der Waals surface area contributed by atoms with Gasteiger partial charge in [0.1, 0.15) is 0 Å². The smallest absolute Gasteiger partial charge is 0.251 e. The van der Waals surface area contributed by atoms with Gasteiger partial charge in [0.2, 0.25) is 0 Å². The summed E-state index contributed by atoms with van der Waals surface area (Å²) in [6, 6.07) is 5.90. The van der Waals surface area contributed by atoms with E-state index in [0.717, 1.165) is 29.6 Å². The van der Waals surface area contributed by atoms with Gasteiger partial charge in [0.15, 0.2) is 0 Å². The number of benzene rings is 1. The predicted octanol–water partition coefficient (Wildman–Crippen LogP) is 3.58. The normalized spacial score (nSPS) is 15.2. The monoisotopic (exact) mass is 336 g/mol. The Labute approximate surface area is 147 Å². The van der Waals surface area contributed by atoms with E-state index in [1.807, 2.05) is 50.0 Å². The van der Waals surface area contributed by atoms with Crippen LogP contribution in [0.25, 0.3) is 10.9 Å². The van der Waals surface area contributed by atoms with Crippen LogP contribution in [-0.4, -0.2) is 20.7 Å². The van der Waals surface area contributed by atoms with Crippen molar-refractivity contribution in [1.29, 1.82) is 0 Å². The lowest BCUT2D eigenvalue weighted by Gasteiger charge is -2.14. The molecule has 0 saturated carbocycles. The van der Waals surface area contributed by atoms with Gasteiger partial charge >= 0.3 is 0 Å². The summed E-state index contributed by atoms with van der Waals surface area (Å²) in [4.78, 5) is 16.2. The topological polar surface area (TPSA) is 62.7 Å². The fourth-order valence-electron chi connectivity index (χ4n) is 3.85. The molecule has 4 rings (SSSR count). The van der Waals surface area contributed by atoms with Gasteiger partial charge in [-0.25, -0.2) is 0 Å². The van der Waals surface area contributed by atoms with E-state index >= 15 is 0 Å². The number of hydrogen-bond acceptors (Lipinski definition) is 2. The molecule has 0 aliphatic heterocycles. The Morgan fingerprint density at radius 3 is 2.88 bits per heavy atom. The van der Waals surface area contributed by atoms with Crippen molar-refractivity contribution in [3.8, 4) is 0 Å². The van der Waals surface area contributed by atoms with Crippen molar-refractivity contribution >= 4 is 16.8 Å². The zero-order valence-electron chi connectivity index (χ0n) is 15.0. The molecule has 1 aliphatic rings. The Balaban J connectivity index is 1.60. The van der Waals surface area contributed by atoms with Crippen LogP contribution in [0.3, 0.4) is 0 Å². The Morgan fingerprint density at radius 2 is 2.12 bits per heavy atom. The molecule has 0 saturated heterocycles.